The van der Waals surface area contributed by atoms with Gasteiger partial charge >= 0.3 is 6.18 Å². The molecule has 2 heterocycles. The van der Waals surface area contributed by atoms with Gasteiger partial charge in [0.15, 0.2) is 0 Å². The summed E-state index contributed by atoms with van der Waals surface area (Å²) in [6.45, 7) is 8.46. The number of benzene rings is 1. The summed E-state index contributed by atoms with van der Waals surface area (Å²) >= 11 is 1.33. The first-order valence-electron chi connectivity index (χ1n) is 10.3. The van der Waals surface area contributed by atoms with Gasteiger partial charge in [0.1, 0.15) is 5.01 Å². The SMILES string of the molecule is CC1CC(C)CN(CCCNC(=O)Cc2csc(-c3ccc(C(F)(F)F)cc3)n2)C1. The summed E-state index contributed by atoms with van der Waals surface area (Å²) < 4.78 is 38.0. The minimum atomic E-state index is -4.35. The first-order chi connectivity index (χ1) is 14.2. The Hall–Kier alpha value is -1.93. The van der Waals surface area contributed by atoms with Crippen molar-refractivity contribution < 1.29 is 18.0 Å². The second kappa shape index (κ2) is 9.92. The standard InChI is InChI=1S/C22H28F3N3OS/c1-15-10-16(2)13-28(12-15)9-3-8-26-20(29)11-19-14-30-21(27-19)17-4-6-18(7-5-17)22(23,24)25/h4-7,14-16H,3,8-13H2,1-2H3,(H,26,29). The zero-order valence-corrected chi connectivity index (χ0v) is 18.2. The van der Waals surface area contributed by atoms with E-state index in [1.54, 1.807) is 5.38 Å². The van der Waals surface area contributed by atoms with Crippen molar-refractivity contribution in [2.24, 2.45) is 11.8 Å². The maximum absolute atomic E-state index is 12.7. The molecule has 3 rings (SSSR count). The highest BCUT2D eigenvalue weighted by molar-refractivity contribution is 7.13. The highest BCUT2D eigenvalue weighted by atomic mass is 32.1. The van der Waals surface area contributed by atoms with Crippen molar-refractivity contribution in [1.82, 2.24) is 15.2 Å². The average Bonchev–Trinajstić information content (AvgIpc) is 3.12. The molecule has 1 saturated heterocycles. The third kappa shape index (κ3) is 6.54. The smallest absolute Gasteiger partial charge is 0.356 e. The van der Waals surface area contributed by atoms with Crippen LogP contribution in [0.25, 0.3) is 10.6 Å². The van der Waals surface area contributed by atoms with Crippen LogP contribution >= 0.6 is 11.3 Å². The van der Waals surface area contributed by atoms with Gasteiger partial charge in [-0.1, -0.05) is 26.0 Å². The number of aromatic nitrogens is 1. The summed E-state index contributed by atoms with van der Waals surface area (Å²) in [4.78, 5) is 19.1. The van der Waals surface area contributed by atoms with Crippen molar-refractivity contribution >= 4 is 17.2 Å². The van der Waals surface area contributed by atoms with Gasteiger partial charge < -0.3 is 10.2 Å². The van der Waals surface area contributed by atoms with Gasteiger partial charge in [-0.05, 0) is 43.4 Å². The van der Waals surface area contributed by atoms with E-state index in [2.05, 4.69) is 29.0 Å². The van der Waals surface area contributed by atoms with Gasteiger partial charge in [0.2, 0.25) is 5.91 Å². The molecule has 30 heavy (non-hydrogen) atoms. The molecule has 0 radical (unpaired) electrons. The molecule has 1 aromatic heterocycles. The van der Waals surface area contributed by atoms with E-state index in [-0.39, 0.29) is 12.3 Å². The predicted molar refractivity (Wildman–Crippen MR) is 113 cm³/mol. The zero-order valence-electron chi connectivity index (χ0n) is 17.3. The lowest BCUT2D eigenvalue weighted by Crippen LogP contribution is -2.40. The molecule has 0 aliphatic carbocycles. The zero-order chi connectivity index (χ0) is 21.7. The molecule has 2 atom stereocenters. The molecule has 2 unspecified atom stereocenters. The molecule has 1 aliphatic heterocycles. The van der Waals surface area contributed by atoms with Crippen LogP contribution in [0.4, 0.5) is 13.2 Å². The van der Waals surface area contributed by atoms with Crippen LogP contribution in [0, 0.1) is 11.8 Å². The van der Waals surface area contributed by atoms with Gasteiger partial charge in [-0.2, -0.15) is 13.2 Å². The summed E-state index contributed by atoms with van der Waals surface area (Å²) in [5, 5.41) is 5.33. The molecule has 1 fully saturated rings. The second-order valence-corrected chi connectivity index (χ2v) is 9.16. The number of carbonyl (C=O) groups is 1. The Bertz CT molecular complexity index is 825. The molecule has 1 aromatic carbocycles. The van der Waals surface area contributed by atoms with Gasteiger partial charge in [0, 0.05) is 30.6 Å². The number of alkyl halides is 3. The minimum absolute atomic E-state index is 0.0837. The van der Waals surface area contributed by atoms with Crippen molar-refractivity contribution in [3.63, 3.8) is 0 Å². The summed E-state index contributed by atoms with van der Waals surface area (Å²) in [6.07, 6.45) is -1.97. The van der Waals surface area contributed by atoms with E-state index in [1.165, 1.54) is 29.9 Å². The third-order valence-corrected chi connectivity index (χ3v) is 6.21. The maximum Gasteiger partial charge on any atom is 0.416 e. The van der Waals surface area contributed by atoms with E-state index < -0.39 is 11.7 Å². The van der Waals surface area contributed by atoms with E-state index in [0.29, 0.717) is 22.8 Å². The van der Waals surface area contributed by atoms with Crippen LogP contribution in [0.5, 0.6) is 0 Å². The summed E-state index contributed by atoms with van der Waals surface area (Å²) in [5.74, 6) is 1.37. The Kier molecular flexibility index (Phi) is 7.52. The number of hydrogen-bond donors (Lipinski definition) is 1. The van der Waals surface area contributed by atoms with Crippen molar-refractivity contribution in [1.29, 1.82) is 0 Å². The van der Waals surface area contributed by atoms with E-state index in [4.69, 9.17) is 0 Å². The number of amides is 1. The van der Waals surface area contributed by atoms with Crippen LogP contribution in [-0.4, -0.2) is 42.0 Å². The van der Waals surface area contributed by atoms with E-state index >= 15 is 0 Å². The van der Waals surface area contributed by atoms with Crippen LogP contribution in [0.15, 0.2) is 29.6 Å². The van der Waals surface area contributed by atoms with Crippen molar-refractivity contribution in [3.8, 4) is 10.6 Å². The highest BCUT2D eigenvalue weighted by Gasteiger charge is 2.30. The van der Waals surface area contributed by atoms with Gasteiger partial charge in [-0.3, -0.25) is 4.79 Å². The molecular weight excluding hydrogens is 411 g/mol. The maximum atomic E-state index is 12.7. The Morgan fingerprint density at radius 3 is 2.50 bits per heavy atom. The molecule has 0 bridgehead atoms. The molecule has 1 aliphatic rings. The van der Waals surface area contributed by atoms with Gasteiger partial charge in [-0.25, -0.2) is 4.98 Å². The number of carbonyl (C=O) groups excluding carboxylic acids is 1. The summed E-state index contributed by atoms with van der Waals surface area (Å²) in [7, 11) is 0. The van der Waals surface area contributed by atoms with E-state index in [0.717, 1.165) is 50.0 Å². The lowest BCUT2D eigenvalue weighted by atomic mass is 9.92. The second-order valence-electron chi connectivity index (χ2n) is 8.31. The molecule has 2 aromatic rings. The first kappa shape index (κ1) is 22.7. The minimum Gasteiger partial charge on any atom is -0.356 e. The topological polar surface area (TPSA) is 45.2 Å². The number of piperidine rings is 1. The van der Waals surface area contributed by atoms with Crippen LogP contribution < -0.4 is 5.32 Å². The molecular formula is C22H28F3N3OS. The van der Waals surface area contributed by atoms with Crippen LogP contribution in [0.3, 0.4) is 0 Å². The molecule has 0 spiro atoms. The van der Waals surface area contributed by atoms with E-state index in [9.17, 15) is 18.0 Å². The molecule has 0 saturated carbocycles. The average molecular weight is 440 g/mol. The largest absolute Gasteiger partial charge is 0.416 e. The fraction of sp³-hybridized carbons (Fsp3) is 0.545. The lowest BCUT2D eigenvalue weighted by molar-refractivity contribution is -0.137. The number of rotatable bonds is 7. The third-order valence-electron chi connectivity index (χ3n) is 5.27. The summed E-state index contributed by atoms with van der Waals surface area (Å²) in [6, 6.07) is 4.92. The number of nitrogens with one attached hydrogen (secondary N) is 1. The number of nitrogens with zero attached hydrogens (tertiary/aromatic N) is 2. The fourth-order valence-corrected chi connectivity index (χ4v) is 4.88. The fourth-order valence-electron chi connectivity index (χ4n) is 4.05. The van der Waals surface area contributed by atoms with Crippen LogP contribution in [-0.2, 0) is 17.4 Å². The Balaban J connectivity index is 1.42. The van der Waals surface area contributed by atoms with Crippen molar-refractivity contribution in [2.45, 2.75) is 39.3 Å². The first-order valence-corrected chi connectivity index (χ1v) is 11.2. The normalized spacial score (nSPS) is 20.3. The highest BCUT2D eigenvalue weighted by Crippen LogP contribution is 2.31. The predicted octanol–water partition coefficient (Wildman–Crippen LogP) is 4.86. The van der Waals surface area contributed by atoms with Crippen LogP contribution in [0.2, 0.25) is 0 Å². The number of likely N-dealkylation sites (tertiary alicyclic amines) is 1. The van der Waals surface area contributed by atoms with Gasteiger partial charge in [0.05, 0.1) is 17.7 Å². The molecule has 8 heteroatoms. The lowest BCUT2D eigenvalue weighted by Gasteiger charge is -2.34. The number of thiazole rings is 1. The number of hydrogen-bond acceptors (Lipinski definition) is 4. The number of halogens is 3. The molecule has 164 valence electrons. The molecule has 1 N–H and O–H groups in total. The Morgan fingerprint density at radius 2 is 1.87 bits per heavy atom. The van der Waals surface area contributed by atoms with Crippen LogP contribution in [0.1, 0.15) is 37.9 Å². The monoisotopic (exact) mass is 439 g/mol. The molecule has 1 amide bonds. The Labute approximate surface area is 179 Å². The molecule has 4 nitrogen and oxygen atoms in total. The van der Waals surface area contributed by atoms with Gasteiger partial charge in [0.25, 0.3) is 0 Å². The van der Waals surface area contributed by atoms with Gasteiger partial charge in [-0.15, -0.1) is 11.3 Å². The van der Waals surface area contributed by atoms with Crippen molar-refractivity contribution in [3.05, 3.63) is 40.9 Å². The van der Waals surface area contributed by atoms with Crippen molar-refractivity contribution in [2.75, 3.05) is 26.2 Å². The quantitative estimate of drug-likeness (QED) is 0.627. The van der Waals surface area contributed by atoms with E-state index in [1.807, 2.05) is 0 Å². The summed E-state index contributed by atoms with van der Waals surface area (Å²) in [5.41, 5.74) is 0.562. The Morgan fingerprint density at radius 1 is 1.20 bits per heavy atom.